The predicted octanol–water partition coefficient (Wildman–Crippen LogP) is 6.72. The summed E-state index contributed by atoms with van der Waals surface area (Å²) in [7, 11) is 0. The predicted molar refractivity (Wildman–Crippen MR) is 215 cm³/mol. The minimum atomic E-state index is -1.64. The third kappa shape index (κ3) is 24.7. The lowest BCUT2D eigenvalue weighted by Gasteiger charge is -2.40. The number of aliphatic hydroxyl groups excluding tert-OH is 7. The van der Waals surface area contributed by atoms with E-state index in [9.17, 15) is 40.5 Å². The van der Waals surface area contributed by atoms with Crippen LogP contribution in [0.4, 0.5) is 0 Å². The Hall–Kier alpha value is -0.890. The summed E-state index contributed by atoms with van der Waals surface area (Å²) >= 11 is 0. The highest BCUT2D eigenvalue weighted by atomic mass is 16.7. The fourth-order valence-corrected chi connectivity index (χ4v) is 7.38. The normalized spacial score (nSPS) is 22.6. The van der Waals surface area contributed by atoms with Gasteiger partial charge in [0.1, 0.15) is 30.5 Å². The van der Waals surface area contributed by atoms with Crippen molar-refractivity contribution in [3.63, 3.8) is 0 Å². The van der Waals surface area contributed by atoms with Gasteiger partial charge in [-0.25, -0.2) is 0 Å². The van der Waals surface area contributed by atoms with E-state index in [1.807, 2.05) is 0 Å². The van der Waals surface area contributed by atoms with Gasteiger partial charge < -0.3 is 50.5 Å². The molecule has 0 bridgehead atoms. The van der Waals surface area contributed by atoms with Crippen molar-refractivity contribution in [3.05, 3.63) is 0 Å². The van der Waals surface area contributed by atoms with Crippen LogP contribution in [-0.4, -0.2) is 110 Å². The summed E-state index contributed by atoms with van der Waals surface area (Å²) in [6.45, 7) is 3.49. The Kier molecular flexibility index (Phi) is 32.4. The van der Waals surface area contributed by atoms with Crippen LogP contribution in [0.25, 0.3) is 0 Å². The zero-order chi connectivity index (χ0) is 39.8. The van der Waals surface area contributed by atoms with Crippen molar-refractivity contribution in [2.75, 3.05) is 13.2 Å². The maximum atomic E-state index is 13.0. The molecule has 9 unspecified atom stereocenters. The van der Waals surface area contributed by atoms with Crippen molar-refractivity contribution >= 4 is 5.91 Å². The van der Waals surface area contributed by atoms with Gasteiger partial charge in [-0.2, -0.15) is 0 Å². The quantitative estimate of drug-likeness (QED) is 0.0315. The number of nitrogens with one attached hydrogen (secondary N) is 1. The fourth-order valence-electron chi connectivity index (χ4n) is 7.38. The monoisotopic (exact) mass is 776 g/mol. The van der Waals surface area contributed by atoms with Crippen LogP contribution in [0.3, 0.4) is 0 Å². The topological polar surface area (TPSA) is 189 Å². The first-order chi connectivity index (χ1) is 26.2. The van der Waals surface area contributed by atoms with Crippen LogP contribution in [0, 0.1) is 0 Å². The van der Waals surface area contributed by atoms with Crippen molar-refractivity contribution in [1.29, 1.82) is 0 Å². The smallest absolute Gasteiger partial charge is 0.249 e. The van der Waals surface area contributed by atoms with Crippen LogP contribution in [0.15, 0.2) is 0 Å². The number of hydrogen-bond donors (Lipinski definition) is 8. The second-order valence-electron chi connectivity index (χ2n) is 16.2. The Morgan fingerprint density at radius 2 is 1.00 bits per heavy atom. The minimum Gasteiger partial charge on any atom is -0.394 e. The third-order valence-corrected chi connectivity index (χ3v) is 11.1. The molecule has 0 aromatic carbocycles. The Bertz CT molecular complexity index is 851. The third-order valence-electron chi connectivity index (χ3n) is 11.1. The van der Waals surface area contributed by atoms with E-state index in [0.29, 0.717) is 12.8 Å². The van der Waals surface area contributed by atoms with Crippen molar-refractivity contribution in [1.82, 2.24) is 5.32 Å². The molecule has 1 heterocycles. The molecule has 1 amide bonds. The molecule has 0 aromatic heterocycles. The number of carbonyl (C=O) groups excluding carboxylic acids is 1. The van der Waals surface area contributed by atoms with E-state index >= 15 is 0 Å². The van der Waals surface area contributed by atoms with Gasteiger partial charge in [-0.15, -0.1) is 0 Å². The molecule has 1 aliphatic rings. The summed E-state index contributed by atoms with van der Waals surface area (Å²) in [5.41, 5.74) is 0. The molecule has 1 saturated heterocycles. The molecule has 11 nitrogen and oxygen atoms in total. The largest absolute Gasteiger partial charge is 0.394 e. The Morgan fingerprint density at radius 3 is 1.43 bits per heavy atom. The second-order valence-corrected chi connectivity index (χ2v) is 16.2. The number of ether oxygens (including phenoxy) is 2. The second kappa shape index (κ2) is 34.2. The molecule has 8 N–H and O–H groups in total. The van der Waals surface area contributed by atoms with Gasteiger partial charge in [0.05, 0.1) is 31.5 Å². The van der Waals surface area contributed by atoms with Crippen molar-refractivity contribution in [3.8, 4) is 0 Å². The van der Waals surface area contributed by atoms with E-state index < -0.39 is 67.6 Å². The van der Waals surface area contributed by atoms with Gasteiger partial charge in [0.25, 0.3) is 0 Å². The molecule has 0 radical (unpaired) electrons. The number of aliphatic hydroxyl groups is 7. The molecule has 11 heteroatoms. The molecule has 1 fully saturated rings. The molecule has 0 aliphatic carbocycles. The highest BCUT2D eigenvalue weighted by Gasteiger charge is 2.44. The summed E-state index contributed by atoms with van der Waals surface area (Å²) in [5, 5.41) is 75.4. The molecule has 0 spiro atoms. The average Bonchev–Trinajstić information content (AvgIpc) is 3.16. The maximum Gasteiger partial charge on any atom is 0.249 e. The zero-order valence-corrected chi connectivity index (χ0v) is 34.5. The minimum absolute atomic E-state index is 0.0319. The highest BCUT2D eigenvalue weighted by Crippen LogP contribution is 2.23. The van der Waals surface area contributed by atoms with Crippen molar-refractivity contribution < 1.29 is 50.0 Å². The van der Waals surface area contributed by atoms with E-state index in [1.165, 1.54) is 122 Å². The molecule has 0 saturated carbocycles. The lowest BCUT2D eigenvalue weighted by Crippen LogP contribution is -2.60. The summed E-state index contributed by atoms with van der Waals surface area (Å²) in [6, 6.07) is -1.06. The van der Waals surface area contributed by atoms with Crippen molar-refractivity contribution in [2.45, 2.75) is 255 Å². The standard InChI is InChI=1S/C43H85NO10/c1-3-5-7-9-11-13-15-16-17-18-20-22-24-26-28-30-36(47)42(52)44-35(33-53-43-41(51)40(50)39(49)38(32-45)54-43)37(48)31-34(46)29-27-25-23-21-19-14-12-10-8-6-4-2/h34-41,43,45-51H,3-33H2,1-2H3,(H,44,52). The SMILES string of the molecule is CCCCCCCCCCCCCCCCCC(O)C(=O)NC(COC1OC(CO)C(O)C(O)C1O)C(O)CC(O)CCCCCCCCCCCCC. The van der Waals surface area contributed by atoms with Gasteiger partial charge in [0.15, 0.2) is 6.29 Å². The molecule has 1 rings (SSSR count). The van der Waals surface area contributed by atoms with Crippen LogP contribution in [0.1, 0.15) is 200 Å². The summed E-state index contributed by atoms with van der Waals surface area (Å²) in [4.78, 5) is 13.0. The number of rotatable bonds is 37. The Labute approximate surface area is 329 Å². The average molecular weight is 776 g/mol. The Balaban J connectivity index is 2.46. The molecule has 54 heavy (non-hydrogen) atoms. The lowest BCUT2D eigenvalue weighted by atomic mass is 9.98. The van der Waals surface area contributed by atoms with Gasteiger partial charge in [0.2, 0.25) is 5.91 Å². The molecule has 9 atom stereocenters. The van der Waals surface area contributed by atoms with Gasteiger partial charge >= 0.3 is 0 Å². The first-order valence-electron chi connectivity index (χ1n) is 22.4. The van der Waals surface area contributed by atoms with Crippen LogP contribution in [0.5, 0.6) is 0 Å². The van der Waals surface area contributed by atoms with E-state index in [0.717, 1.165) is 38.5 Å². The molecule has 1 aliphatic heterocycles. The van der Waals surface area contributed by atoms with Crippen molar-refractivity contribution in [2.24, 2.45) is 0 Å². The van der Waals surface area contributed by atoms with Crippen LogP contribution in [-0.2, 0) is 14.3 Å². The number of amides is 1. The first-order valence-corrected chi connectivity index (χ1v) is 22.4. The van der Waals surface area contributed by atoms with Gasteiger partial charge in [0, 0.05) is 6.42 Å². The molecule has 0 aromatic rings. The zero-order valence-electron chi connectivity index (χ0n) is 34.5. The summed E-state index contributed by atoms with van der Waals surface area (Å²) < 4.78 is 11.1. The Morgan fingerprint density at radius 1 is 0.593 bits per heavy atom. The van der Waals surface area contributed by atoms with E-state index in [-0.39, 0.29) is 19.4 Å². The fraction of sp³-hybridized carbons (Fsp3) is 0.977. The first kappa shape index (κ1) is 51.1. The van der Waals surface area contributed by atoms with Crippen LogP contribution in [0.2, 0.25) is 0 Å². The summed E-state index contributed by atoms with van der Waals surface area (Å²) in [6.07, 6.45) is 21.4. The number of carbonyl (C=O) groups is 1. The van der Waals surface area contributed by atoms with E-state index in [1.54, 1.807) is 0 Å². The number of hydrogen-bond acceptors (Lipinski definition) is 10. The lowest BCUT2D eigenvalue weighted by molar-refractivity contribution is -0.302. The molecular weight excluding hydrogens is 690 g/mol. The molecule has 322 valence electrons. The van der Waals surface area contributed by atoms with Gasteiger partial charge in [-0.3, -0.25) is 4.79 Å². The maximum absolute atomic E-state index is 13.0. The highest BCUT2D eigenvalue weighted by molar-refractivity contribution is 5.80. The summed E-state index contributed by atoms with van der Waals surface area (Å²) in [5.74, 6) is -0.665. The molecular formula is C43H85NO10. The van der Waals surface area contributed by atoms with E-state index in [2.05, 4.69) is 19.2 Å². The van der Waals surface area contributed by atoms with Crippen LogP contribution < -0.4 is 5.32 Å². The number of unbranched alkanes of at least 4 members (excludes halogenated alkanes) is 24. The van der Waals surface area contributed by atoms with Gasteiger partial charge in [-0.05, 0) is 12.8 Å². The van der Waals surface area contributed by atoms with Gasteiger partial charge in [-0.1, -0.05) is 181 Å². The van der Waals surface area contributed by atoms with Crippen LogP contribution >= 0.6 is 0 Å². The van der Waals surface area contributed by atoms with E-state index in [4.69, 9.17) is 9.47 Å².